The molecule has 1 aliphatic rings. The van der Waals surface area contributed by atoms with Gasteiger partial charge >= 0.3 is 0 Å². The van der Waals surface area contributed by atoms with Gasteiger partial charge in [-0.1, -0.05) is 24.3 Å². The van der Waals surface area contributed by atoms with Gasteiger partial charge in [0, 0.05) is 18.7 Å². The van der Waals surface area contributed by atoms with Gasteiger partial charge in [-0.2, -0.15) is 0 Å². The molecule has 0 spiro atoms. The van der Waals surface area contributed by atoms with Crippen molar-refractivity contribution in [3.05, 3.63) is 59.7 Å². The van der Waals surface area contributed by atoms with Crippen LogP contribution in [0.2, 0.25) is 0 Å². The summed E-state index contributed by atoms with van der Waals surface area (Å²) < 4.78 is 33.3. The third-order valence-electron chi connectivity index (χ3n) is 4.31. The van der Waals surface area contributed by atoms with Gasteiger partial charge in [-0.25, -0.2) is 8.42 Å². The molecule has 0 bridgehead atoms. The Labute approximate surface area is 153 Å². The maximum Gasteiger partial charge on any atom is 0.261 e. The largest absolute Gasteiger partial charge is 0.376 e. The number of benzene rings is 2. The van der Waals surface area contributed by atoms with Gasteiger partial charge in [-0.05, 0) is 49.6 Å². The SMILES string of the molecule is Cc1ccccc1NS(=O)(=O)c1cccc(C(=O)NC[C@H]2CCCO2)c1. The van der Waals surface area contributed by atoms with Gasteiger partial charge in [0.2, 0.25) is 0 Å². The number of carbonyl (C=O) groups excluding carboxylic acids is 1. The third kappa shape index (κ3) is 4.42. The first-order valence-corrected chi connectivity index (χ1v) is 10.0. The molecule has 26 heavy (non-hydrogen) atoms. The zero-order valence-corrected chi connectivity index (χ0v) is 15.4. The minimum Gasteiger partial charge on any atom is -0.376 e. The van der Waals surface area contributed by atoms with Crippen LogP contribution < -0.4 is 10.0 Å². The normalized spacial score (nSPS) is 17.0. The molecule has 2 N–H and O–H groups in total. The summed E-state index contributed by atoms with van der Waals surface area (Å²) in [5.41, 5.74) is 1.64. The Morgan fingerprint density at radius 1 is 1.19 bits per heavy atom. The predicted molar refractivity (Wildman–Crippen MR) is 99.7 cm³/mol. The Bertz CT molecular complexity index is 890. The number of para-hydroxylation sites is 1. The molecule has 7 heteroatoms. The van der Waals surface area contributed by atoms with Gasteiger partial charge in [0.05, 0.1) is 16.7 Å². The molecular formula is C19H22N2O4S. The molecule has 1 aliphatic heterocycles. The van der Waals surface area contributed by atoms with Crippen molar-refractivity contribution in [1.82, 2.24) is 5.32 Å². The lowest BCUT2D eigenvalue weighted by molar-refractivity contribution is 0.0857. The fourth-order valence-electron chi connectivity index (χ4n) is 2.81. The average molecular weight is 374 g/mol. The van der Waals surface area contributed by atoms with E-state index in [0.717, 1.165) is 25.0 Å². The molecule has 138 valence electrons. The first-order valence-electron chi connectivity index (χ1n) is 8.54. The van der Waals surface area contributed by atoms with Crippen molar-refractivity contribution in [1.29, 1.82) is 0 Å². The van der Waals surface area contributed by atoms with E-state index in [4.69, 9.17) is 4.74 Å². The van der Waals surface area contributed by atoms with E-state index in [2.05, 4.69) is 10.0 Å². The first kappa shape index (κ1) is 18.4. The van der Waals surface area contributed by atoms with Crippen LogP contribution in [0.4, 0.5) is 5.69 Å². The second kappa shape index (κ2) is 7.88. The van der Waals surface area contributed by atoms with Crippen molar-refractivity contribution in [3.8, 4) is 0 Å². The number of anilines is 1. The van der Waals surface area contributed by atoms with Crippen LogP contribution in [-0.2, 0) is 14.8 Å². The molecule has 0 aliphatic carbocycles. The van der Waals surface area contributed by atoms with Crippen molar-refractivity contribution in [2.75, 3.05) is 17.9 Å². The number of carbonyl (C=O) groups is 1. The van der Waals surface area contributed by atoms with Crippen LogP contribution in [-0.4, -0.2) is 33.6 Å². The Balaban J connectivity index is 1.73. The van der Waals surface area contributed by atoms with Crippen LogP contribution >= 0.6 is 0 Å². The highest BCUT2D eigenvalue weighted by atomic mass is 32.2. The summed E-state index contributed by atoms with van der Waals surface area (Å²) in [7, 11) is -3.78. The predicted octanol–water partition coefficient (Wildman–Crippen LogP) is 2.70. The van der Waals surface area contributed by atoms with E-state index in [1.807, 2.05) is 19.1 Å². The molecular weight excluding hydrogens is 352 g/mol. The number of hydrogen-bond donors (Lipinski definition) is 2. The van der Waals surface area contributed by atoms with Crippen LogP contribution in [0.15, 0.2) is 53.4 Å². The zero-order chi connectivity index (χ0) is 18.6. The lowest BCUT2D eigenvalue weighted by Crippen LogP contribution is -2.31. The molecule has 1 atom stereocenters. The summed E-state index contributed by atoms with van der Waals surface area (Å²) in [6.07, 6.45) is 1.96. The van der Waals surface area contributed by atoms with Crippen molar-refractivity contribution >= 4 is 21.6 Å². The van der Waals surface area contributed by atoms with Crippen molar-refractivity contribution in [3.63, 3.8) is 0 Å². The van der Waals surface area contributed by atoms with Gasteiger partial charge < -0.3 is 10.1 Å². The number of rotatable bonds is 6. The third-order valence-corrected chi connectivity index (χ3v) is 5.67. The number of ether oxygens (including phenoxy) is 1. The molecule has 0 unspecified atom stereocenters. The van der Waals surface area contributed by atoms with Crippen molar-refractivity contribution in [2.45, 2.75) is 30.8 Å². The molecule has 3 rings (SSSR count). The maximum atomic E-state index is 12.6. The summed E-state index contributed by atoms with van der Waals surface area (Å²) in [6.45, 7) is 2.98. The Morgan fingerprint density at radius 2 is 2.00 bits per heavy atom. The highest BCUT2D eigenvalue weighted by molar-refractivity contribution is 7.92. The Hall–Kier alpha value is -2.38. The van der Waals surface area contributed by atoms with Crippen LogP contribution in [0.5, 0.6) is 0 Å². The quantitative estimate of drug-likeness (QED) is 0.814. The van der Waals surface area contributed by atoms with Crippen molar-refractivity contribution in [2.24, 2.45) is 0 Å². The van der Waals surface area contributed by atoms with Gasteiger partial charge in [-0.15, -0.1) is 0 Å². The van der Waals surface area contributed by atoms with Crippen LogP contribution in [0.1, 0.15) is 28.8 Å². The van der Waals surface area contributed by atoms with E-state index in [1.165, 1.54) is 12.1 Å². The summed E-state index contributed by atoms with van der Waals surface area (Å²) in [5.74, 6) is -0.312. The van der Waals surface area contributed by atoms with E-state index in [1.54, 1.807) is 24.3 Å². The molecule has 1 heterocycles. The number of hydrogen-bond acceptors (Lipinski definition) is 4. The smallest absolute Gasteiger partial charge is 0.261 e. The van der Waals surface area contributed by atoms with E-state index in [-0.39, 0.29) is 16.9 Å². The molecule has 2 aromatic carbocycles. The zero-order valence-electron chi connectivity index (χ0n) is 14.6. The summed E-state index contributed by atoms with van der Waals surface area (Å²) in [5, 5.41) is 2.80. The van der Waals surface area contributed by atoms with Crippen molar-refractivity contribution < 1.29 is 17.9 Å². The van der Waals surface area contributed by atoms with E-state index in [0.29, 0.717) is 17.8 Å². The highest BCUT2D eigenvalue weighted by Crippen LogP contribution is 2.20. The number of nitrogens with one attached hydrogen (secondary N) is 2. The number of sulfonamides is 1. The van der Waals surface area contributed by atoms with Gasteiger partial charge in [-0.3, -0.25) is 9.52 Å². The van der Waals surface area contributed by atoms with E-state index in [9.17, 15) is 13.2 Å². The molecule has 1 saturated heterocycles. The monoisotopic (exact) mass is 374 g/mol. The summed E-state index contributed by atoms with van der Waals surface area (Å²) >= 11 is 0. The second-order valence-electron chi connectivity index (χ2n) is 6.29. The van der Waals surface area contributed by atoms with Gasteiger partial charge in [0.25, 0.3) is 15.9 Å². The lowest BCUT2D eigenvalue weighted by Gasteiger charge is -2.13. The summed E-state index contributed by atoms with van der Waals surface area (Å²) in [6, 6.07) is 13.1. The van der Waals surface area contributed by atoms with Gasteiger partial charge in [0.1, 0.15) is 0 Å². The van der Waals surface area contributed by atoms with E-state index < -0.39 is 10.0 Å². The van der Waals surface area contributed by atoms with Gasteiger partial charge in [0.15, 0.2) is 0 Å². The Kier molecular flexibility index (Phi) is 5.58. The molecule has 0 aromatic heterocycles. The lowest BCUT2D eigenvalue weighted by atomic mass is 10.2. The standard InChI is InChI=1S/C19H22N2O4S/c1-14-6-2-3-10-18(14)21-26(23,24)17-9-4-7-15(12-17)19(22)20-13-16-8-5-11-25-16/h2-4,6-7,9-10,12,16,21H,5,8,11,13H2,1H3,(H,20,22)/t16-/m1/s1. The molecule has 0 radical (unpaired) electrons. The Morgan fingerprint density at radius 3 is 2.73 bits per heavy atom. The molecule has 6 nitrogen and oxygen atoms in total. The summed E-state index contributed by atoms with van der Waals surface area (Å²) in [4.78, 5) is 12.4. The molecule has 2 aromatic rings. The topological polar surface area (TPSA) is 84.5 Å². The van der Waals surface area contributed by atoms with Crippen LogP contribution in [0.25, 0.3) is 0 Å². The van der Waals surface area contributed by atoms with Crippen LogP contribution in [0, 0.1) is 6.92 Å². The second-order valence-corrected chi connectivity index (χ2v) is 7.98. The van der Waals surface area contributed by atoms with E-state index >= 15 is 0 Å². The number of amides is 1. The van der Waals surface area contributed by atoms with Crippen LogP contribution in [0.3, 0.4) is 0 Å². The average Bonchev–Trinajstić information content (AvgIpc) is 3.15. The highest BCUT2D eigenvalue weighted by Gasteiger charge is 2.19. The molecule has 1 amide bonds. The fraction of sp³-hybridized carbons (Fsp3) is 0.316. The minimum absolute atomic E-state index is 0.0357. The maximum absolute atomic E-state index is 12.6. The molecule has 0 saturated carbocycles. The first-order chi connectivity index (χ1) is 12.5. The fourth-order valence-corrected chi connectivity index (χ4v) is 3.99. The number of aryl methyl sites for hydroxylation is 1. The minimum atomic E-state index is -3.78. The molecule has 1 fully saturated rings.